The van der Waals surface area contributed by atoms with Crippen molar-refractivity contribution in [1.29, 1.82) is 0 Å². The van der Waals surface area contributed by atoms with Crippen molar-refractivity contribution in [3.05, 3.63) is 34.9 Å². The van der Waals surface area contributed by atoms with E-state index in [4.69, 9.17) is 0 Å². The van der Waals surface area contributed by atoms with Gasteiger partial charge in [0.25, 0.3) is 0 Å². The zero-order chi connectivity index (χ0) is 19.6. The molecule has 0 aliphatic heterocycles. The molecule has 0 saturated carbocycles. The molecule has 25 heavy (non-hydrogen) atoms. The summed E-state index contributed by atoms with van der Waals surface area (Å²) in [6, 6.07) is 2.93. The van der Waals surface area contributed by atoms with Gasteiger partial charge in [-0.05, 0) is 37.3 Å². The molecule has 0 bridgehead atoms. The van der Waals surface area contributed by atoms with E-state index in [1.54, 1.807) is 13.0 Å². The minimum Gasteiger partial charge on any atom is -0.465 e. The number of rotatable bonds is 6. The molecule has 1 rings (SSSR count). The lowest BCUT2D eigenvalue weighted by atomic mass is 9.85. The molecule has 142 valence electrons. The van der Waals surface area contributed by atoms with Crippen LogP contribution in [0.25, 0.3) is 0 Å². The van der Waals surface area contributed by atoms with E-state index in [1.807, 2.05) is 25.9 Å². The molecule has 0 radical (unpaired) electrons. The topological polar surface area (TPSA) is 75.6 Å². The molecule has 1 aromatic rings. The van der Waals surface area contributed by atoms with E-state index in [0.717, 1.165) is 11.6 Å². The summed E-state index contributed by atoms with van der Waals surface area (Å²) < 4.78 is 46.4. The van der Waals surface area contributed by atoms with Gasteiger partial charge in [0.1, 0.15) is 6.04 Å². The van der Waals surface area contributed by atoms with Crippen LogP contribution in [-0.4, -0.2) is 23.5 Å². The molecule has 0 saturated heterocycles. The van der Waals surface area contributed by atoms with Crippen molar-refractivity contribution in [3.63, 3.8) is 0 Å². The van der Waals surface area contributed by atoms with Crippen LogP contribution in [0.3, 0.4) is 0 Å². The number of ether oxygens (including phenoxy) is 1. The normalized spacial score (nSPS) is 16.2. The van der Waals surface area contributed by atoms with Gasteiger partial charge < -0.3 is 9.63 Å². The molecule has 2 atom stereocenters. The van der Waals surface area contributed by atoms with Crippen molar-refractivity contribution < 1.29 is 27.8 Å². The first kappa shape index (κ1) is 21.7. The third kappa shape index (κ3) is 4.87. The number of benzene rings is 1. The lowest BCUT2D eigenvalue weighted by molar-refractivity contribution is -0.144. The first-order chi connectivity index (χ1) is 11.2. The number of nitrogens with one attached hydrogen (secondary N) is 1. The van der Waals surface area contributed by atoms with Crippen LogP contribution < -0.4 is 5.09 Å². The second-order valence-corrected chi connectivity index (χ2v) is 8.97. The summed E-state index contributed by atoms with van der Waals surface area (Å²) in [6.07, 6.45) is 0. The number of carbonyl (C=O) groups excluding carboxylic acids is 1. The largest absolute Gasteiger partial charge is 0.465 e. The van der Waals surface area contributed by atoms with E-state index in [0.29, 0.717) is 0 Å². The summed E-state index contributed by atoms with van der Waals surface area (Å²) in [5, 5.41) is 1.84. The van der Waals surface area contributed by atoms with Gasteiger partial charge in [-0.2, -0.15) is 8.78 Å². The van der Waals surface area contributed by atoms with Crippen molar-refractivity contribution in [2.45, 2.75) is 58.7 Å². The van der Waals surface area contributed by atoms with E-state index in [2.05, 4.69) is 4.74 Å². The van der Waals surface area contributed by atoms with Gasteiger partial charge in [0.15, 0.2) is 0 Å². The predicted octanol–water partition coefficient (Wildman–Crippen LogP) is 4.07. The standard InChI is InChI=1S/C17H26F2NO4P/c1-7-24-15(21)12(3)20-25(22,23)17(18,19)14-9-8-13(10-11(14)2)16(4,5)6/h8-10,12H,7H2,1-6H3,(H2,20,22,23)/t12-/m1/s1. The Hall–Kier alpha value is -1.30. The number of alkyl halides is 2. The van der Waals surface area contributed by atoms with Gasteiger partial charge in [0.2, 0.25) is 0 Å². The highest BCUT2D eigenvalue weighted by Crippen LogP contribution is 2.60. The minimum atomic E-state index is -5.22. The van der Waals surface area contributed by atoms with Crippen molar-refractivity contribution >= 4 is 13.5 Å². The Kier molecular flexibility index (Phi) is 6.54. The quantitative estimate of drug-likeness (QED) is 0.577. The summed E-state index contributed by atoms with van der Waals surface area (Å²) in [5.41, 5.74) is -3.79. The summed E-state index contributed by atoms with van der Waals surface area (Å²) in [4.78, 5) is 21.5. The van der Waals surface area contributed by atoms with Crippen LogP contribution in [-0.2, 0) is 25.2 Å². The highest BCUT2D eigenvalue weighted by atomic mass is 31.2. The van der Waals surface area contributed by atoms with E-state index >= 15 is 0 Å². The third-order valence-electron chi connectivity index (χ3n) is 3.81. The van der Waals surface area contributed by atoms with Gasteiger partial charge in [0.05, 0.1) is 6.61 Å². The van der Waals surface area contributed by atoms with Gasteiger partial charge in [-0.25, -0.2) is 5.09 Å². The summed E-state index contributed by atoms with van der Waals surface area (Å²) in [6.45, 7) is 10.1. The molecule has 8 heteroatoms. The smallest absolute Gasteiger partial charge is 0.360 e. The molecule has 0 aliphatic rings. The van der Waals surface area contributed by atoms with Crippen LogP contribution in [0, 0.1) is 6.92 Å². The Bertz CT molecular complexity index is 686. The zero-order valence-corrected chi connectivity index (χ0v) is 16.3. The van der Waals surface area contributed by atoms with Crippen LogP contribution in [0.1, 0.15) is 51.3 Å². The molecule has 0 amide bonds. The Labute approximate surface area is 147 Å². The number of carbonyl (C=O) groups is 1. The van der Waals surface area contributed by atoms with Crippen LogP contribution in [0.15, 0.2) is 18.2 Å². The molecule has 0 heterocycles. The number of aryl methyl sites for hydroxylation is 1. The molecule has 0 aliphatic carbocycles. The van der Waals surface area contributed by atoms with Crippen molar-refractivity contribution in [1.82, 2.24) is 5.09 Å². The Morgan fingerprint density at radius 2 is 1.92 bits per heavy atom. The van der Waals surface area contributed by atoms with Crippen molar-refractivity contribution in [2.24, 2.45) is 0 Å². The fourth-order valence-electron chi connectivity index (χ4n) is 2.29. The van der Waals surface area contributed by atoms with Gasteiger partial charge in [0, 0.05) is 5.56 Å². The SMILES string of the molecule is CCOC(=O)[C@@H](C)NP(=O)(O)C(F)(F)c1ccc(C(C)(C)C)cc1C. The second-order valence-electron chi connectivity index (χ2n) is 7.00. The fraction of sp³-hybridized carbons (Fsp3) is 0.588. The fourth-order valence-corrected chi connectivity index (χ4v) is 3.66. The van der Waals surface area contributed by atoms with Gasteiger partial charge in [-0.15, -0.1) is 0 Å². The number of hydrogen-bond donors (Lipinski definition) is 2. The number of esters is 1. The lowest BCUT2D eigenvalue weighted by Crippen LogP contribution is -2.37. The van der Waals surface area contributed by atoms with Gasteiger partial charge in [-0.1, -0.05) is 39.0 Å². The van der Waals surface area contributed by atoms with E-state index in [1.165, 1.54) is 19.9 Å². The molecule has 0 fully saturated rings. The van der Waals surface area contributed by atoms with Crippen LogP contribution in [0.5, 0.6) is 0 Å². The number of hydrogen-bond acceptors (Lipinski definition) is 3. The first-order valence-corrected chi connectivity index (χ1v) is 9.66. The zero-order valence-electron chi connectivity index (χ0n) is 15.4. The average Bonchev–Trinajstić information content (AvgIpc) is 2.45. The first-order valence-electron chi connectivity index (χ1n) is 8.00. The Morgan fingerprint density at radius 1 is 1.36 bits per heavy atom. The minimum absolute atomic E-state index is 0.0460. The molecule has 1 aromatic carbocycles. The van der Waals surface area contributed by atoms with E-state index in [-0.39, 0.29) is 17.6 Å². The van der Waals surface area contributed by atoms with E-state index < -0.39 is 30.8 Å². The highest BCUT2D eigenvalue weighted by Gasteiger charge is 2.53. The van der Waals surface area contributed by atoms with Gasteiger partial charge in [-0.3, -0.25) is 9.36 Å². The Morgan fingerprint density at radius 3 is 2.36 bits per heavy atom. The molecule has 0 spiro atoms. The van der Waals surface area contributed by atoms with Crippen LogP contribution in [0.2, 0.25) is 0 Å². The summed E-state index contributed by atoms with van der Waals surface area (Å²) >= 11 is 0. The molecule has 2 N–H and O–H groups in total. The third-order valence-corrected chi connectivity index (χ3v) is 5.55. The molecular weight excluding hydrogens is 351 g/mol. The van der Waals surface area contributed by atoms with Crippen molar-refractivity contribution in [2.75, 3.05) is 6.61 Å². The maximum absolute atomic E-state index is 14.7. The van der Waals surface area contributed by atoms with E-state index in [9.17, 15) is 23.0 Å². The Balaban J connectivity index is 3.18. The maximum Gasteiger partial charge on any atom is 0.360 e. The van der Waals surface area contributed by atoms with Crippen molar-refractivity contribution in [3.8, 4) is 0 Å². The number of halogens is 2. The predicted molar refractivity (Wildman–Crippen MR) is 92.8 cm³/mol. The van der Waals surface area contributed by atoms with Crippen LogP contribution >= 0.6 is 7.52 Å². The lowest BCUT2D eigenvalue weighted by Gasteiger charge is -2.28. The second kappa shape index (κ2) is 7.52. The highest BCUT2D eigenvalue weighted by molar-refractivity contribution is 7.56. The van der Waals surface area contributed by atoms with Crippen LogP contribution in [0.4, 0.5) is 8.78 Å². The maximum atomic E-state index is 14.7. The monoisotopic (exact) mass is 377 g/mol. The average molecular weight is 377 g/mol. The van der Waals surface area contributed by atoms with Gasteiger partial charge >= 0.3 is 19.2 Å². The summed E-state index contributed by atoms with van der Waals surface area (Å²) in [7, 11) is -5.22. The molecule has 5 nitrogen and oxygen atoms in total. The molecular formula is C17H26F2NO4P. The molecule has 1 unspecified atom stereocenters. The molecule has 0 aromatic heterocycles. The summed E-state index contributed by atoms with van der Waals surface area (Å²) in [5.74, 6) is -0.868.